The maximum absolute atomic E-state index is 13.1. The zero-order chi connectivity index (χ0) is 22.1. The molecule has 7 heteroatoms. The first-order chi connectivity index (χ1) is 15.6. The number of nitrogens with zero attached hydrogens (tertiary/aromatic N) is 4. The van der Waals surface area contributed by atoms with E-state index in [1.807, 2.05) is 18.2 Å². The number of imide groups is 1. The number of fused-ring (bicyclic) bond motifs is 1. The molecule has 0 bridgehead atoms. The van der Waals surface area contributed by atoms with Gasteiger partial charge in [0, 0.05) is 57.2 Å². The number of carbonyl (C=O) groups is 2. The van der Waals surface area contributed by atoms with E-state index < -0.39 is 0 Å². The number of morpholine rings is 1. The average Bonchev–Trinajstić information content (AvgIpc) is 3.08. The summed E-state index contributed by atoms with van der Waals surface area (Å²) in [5, 5.41) is 0. The van der Waals surface area contributed by atoms with Gasteiger partial charge in [-0.2, -0.15) is 0 Å². The minimum Gasteiger partial charge on any atom is -0.378 e. The third kappa shape index (κ3) is 3.98. The SMILES string of the molecule is CN1CCN(c2ccccc2CCN2C(=O)c3ccc(N4CCOCC4)cc3C2=O)CC1. The maximum Gasteiger partial charge on any atom is 0.261 e. The fourth-order valence-corrected chi connectivity index (χ4v) is 4.81. The Morgan fingerprint density at radius 1 is 0.812 bits per heavy atom. The van der Waals surface area contributed by atoms with Crippen molar-refractivity contribution in [3.8, 4) is 0 Å². The molecule has 3 aliphatic heterocycles. The number of hydrogen-bond acceptors (Lipinski definition) is 6. The van der Waals surface area contributed by atoms with Crippen molar-refractivity contribution >= 4 is 23.2 Å². The minimum absolute atomic E-state index is 0.183. The molecule has 3 aliphatic rings. The van der Waals surface area contributed by atoms with Crippen LogP contribution in [0.3, 0.4) is 0 Å². The predicted octanol–water partition coefficient (Wildman–Crippen LogP) is 2.11. The Bertz CT molecular complexity index is 1010. The summed E-state index contributed by atoms with van der Waals surface area (Å²) in [7, 11) is 2.15. The smallest absolute Gasteiger partial charge is 0.261 e. The highest BCUT2D eigenvalue weighted by Gasteiger charge is 2.36. The van der Waals surface area contributed by atoms with Gasteiger partial charge in [0.2, 0.25) is 0 Å². The molecular formula is C25H30N4O3. The number of amides is 2. The molecule has 2 aromatic carbocycles. The third-order valence-electron chi connectivity index (χ3n) is 6.77. The standard InChI is InChI=1S/C25H30N4O3/c1-26-10-12-28(13-11-26)23-5-3-2-4-19(23)8-9-29-24(30)21-7-6-20(18-22(21)25(29)31)27-14-16-32-17-15-27/h2-7,18H,8-17H2,1H3. The maximum atomic E-state index is 13.1. The summed E-state index contributed by atoms with van der Waals surface area (Å²) in [4.78, 5) is 34.5. The van der Waals surface area contributed by atoms with E-state index in [4.69, 9.17) is 4.74 Å². The van der Waals surface area contributed by atoms with Crippen LogP contribution >= 0.6 is 0 Å². The monoisotopic (exact) mass is 434 g/mol. The molecule has 0 atom stereocenters. The Balaban J connectivity index is 1.30. The fraction of sp³-hybridized carbons (Fsp3) is 0.440. The van der Waals surface area contributed by atoms with Crippen LogP contribution < -0.4 is 9.80 Å². The normalized spacial score (nSPS) is 19.6. The van der Waals surface area contributed by atoms with Gasteiger partial charge in [-0.25, -0.2) is 0 Å². The van der Waals surface area contributed by atoms with Crippen molar-refractivity contribution < 1.29 is 14.3 Å². The van der Waals surface area contributed by atoms with Crippen molar-refractivity contribution in [3.05, 3.63) is 59.2 Å². The molecule has 0 spiro atoms. The van der Waals surface area contributed by atoms with E-state index in [0.29, 0.717) is 37.3 Å². The molecule has 0 unspecified atom stereocenters. The van der Waals surface area contributed by atoms with Crippen molar-refractivity contribution in [1.82, 2.24) is 9.80 Å². The number of rotatable bonds is 5. The van der Waals surface area contributed by atoms with Crippen molar-refractivity contribution in [2.75, 3.05) is 75.9 Å². The first kappa shape index (κ1) is 21.0. The number of anilines is 2. The largest absolute Gasteiger partial charge is 0.378 e. The molecule has 2 saturated heterocycles. The second kappa shape index (κ2) is 8.92. The van der Waals surface area contributed by atoms with Crippen molar-refractivity contribution in [3.63, 3.8) is 0 Å². The number of para-hydroxylation sites is 1. The Morgan fingerprint density at radius 2 is 1.53 bits per heavy atom. The molecule has 0 radical (unpaired) electrons. The number of ether oxygens (including phenoxy) is 1. The van der Waals surface area contributed by atoms with E-state index in [2.05, 4.69) is 39.9 Å². The van der Waals surface area contributed by atoms with Gasteiger partial charge in [-0.3, -0.25) is 14.5 Å². The van der Waals surface area contributed by atoms with Gasteiger partial charge < -0.3 is 19.4 Å². The first-order valence-electron chi connectivity index (χ1n) is 11.5. The number of benzene rings is 2. The van der Waals surface area contributed by atoms with E-state index in [1.165, 1.54) is 16.2 Å². The fourth-order valence-electron chi connectivity index (χ4n) is 4.81. The van der Waals surface area contributed by atoms with Crippen LogP contribution in [0, 0.1) is 0 Å². The van der Waals surface area contributed by atoms with Crippen molar-refractivity contribution in [2.24, 2.45) is 0 Å². The first-order valence-corrected chi connectivity index (χ1v) is 11.5. The van der Waals surface area contributed by atoms with Crippen LogP contribution in [-0.4, -0.2) is 87.7 Å². The second-order valence-electron chi connectivity index (χ2n) is 8.76. The van der Waals surface area contributed by atoms with Gasteiger partial charge in [-0.15, -0.1) is 0 Å². The summed E-state index contributed by atoms with van der Waals surface area (Å²) in [5.41, 5.74) is 4.41. The lowest BCUT2D eigenvalue weighted by Crippen LogP contribution is -2.44. The molecule has 0 N–H and O–H groups in total. The molecule has 2 fully saturated rings. The Hall–Kier alpha value is -2.90. The van der Waals surface area contributed by atoms with Gasteiger partial charge >= 0.3 is 0 Å². The molecule has 2 aromatic rings. The zero-order valence-electron chi connectivity index (χ0n) is 18.6. The van der Waals surface area contributed by atoms with Crippen LogP contribution in [-0.2, 0) is 11.2 Å². The molecule has 0 aliphatic carbocycles. The highest BCUT2D eigenvalue weighted by molar-refractivity contribution is 6.21. The third-order valence-corrected chi connectivity index (χ3v) is 6.77. The van der Waals surface area contributed by atoms with Crippen LogP contribution in [0.2, 0.25) is 0 Å². The number of carbonyl (C=O) groups excluding carboxylic acids is 2. The molecule has 3 heterocycles. The molecule has 5 rings (SSSR count). The quantitative estimate of drug-likeness (QED) is 0.672. The summed E-state index contributed by atoms with van der Waals surface area (Å²) in [6.45, 7) is 7.42. The molecule has 7 nitrogen and oxygen atoms in total. The summed E-state index contributed by atoms with van der Waals surface area (Å²) in [6.07, 6.45) is 0.657. The van der Waals surface area contributed by atoms with Crippen LogP contribution in [0.1, 0.15) is 26.3 Å². The average molecular weight is 435 g/mol. The number of piperazine rings is 1. The summed E-state index contributed by atoms with van der Waals surface area (Å²) in [5.74, 6) is -0.368. The molecule has 0 aromatic heterocycles. The zero-order valence-corrected chi connectivity index (χ0v) is 18.6. The van der Waals surface area contributed by atoms with Gasteiger partial charge in [0.25, 0.3) is 11.8 Å². The molecule has 0 saturated carbocycles. The van der Waals surface area contributed by atoms with Crippen LogP contribution in [0.15, 0.2) is 42.5 Å². The Kier molecular flexibility index (Phi) is 5.85. The van der Waals surface area contributed by atoms with Gasteiger partial charge in [-0.05, 0) is 43.3 Å². The lowest BCUT2D eigenvalue weighted by Gasteiger charge is -2.35. The van der Waals surface area contributed by atoms with Crippen molar-refractivity contribution in [1.29, 1.82) is 0 Å². The van der Waals surface area contributed by atoms with Gasteiger partial charge in [0.1, 0.15) is 0 Å². The van der Waals surface area contributed by atoms with Gasteiger partial charge in [0.05, 0.1) is 24.3 Å². The van der Waals surface area contributed by atoms with E-state index >= 15 is 0 Å². The highest BCUT2D eigenvalue weighted by Crippen LogP contribution is 2.29. The molecule has 2 amide bonds. The van der Waals surface area contributed by atoms with E-state index in [-0.39, 0.29) is 11.8 Å². The summed E-state index contributed by atoms with van der Waals surface area (Å²) >= 11 is 0. The molecule has 168 valence electrons. The Labute approximate surface area is 189 Å². The second-order valence-corrected chi connectivity index (χ2v) is 8.76. The lowest BCUT2D eigenvalue weighted by molar-refractivity contribution is 0.0656. The van der Waals surface area contributed by atoms with Crippen LogP contribution in [0.4, 0.5) is 11.4 Å². The van der Waals surface area contributed by atoms with Crippen LogP contribution in [0.5, 0.6) is 0 Å². The molecule has 32 heavy (non-hydrogen) atoms. The van der Waals surface area contributed by atoms with E-state index in [1.54, 1.807) is 6.07 Å². The highest BCUT2D eigenvalue weighted by atomic mass is 16.5. The van der Waals surface area contributed by atoms with Crippen molar-refractivity contribution in [2.45, 2.75) is 6.42 Å². The topological polar surface area (TPSA) is 56.3 Å². The number of likely N-dealkylation sites (N-methyl/N-ethyl adjacent to an activating group) is 1. The summed E-state index contributed by atoms with van der Waals surface area (Å²) < 4.78 is 5.42. The summed E-state index contributed by atoms with van der Waals surface area (Å²) in [6, 6.07) is 14.0. The van der Waals surface area contributed by atoms with E-state index in [0.717, 1.165) is 45.0 Å². The lowest BCUT2D eigenvalue weighted by atomic mass is 10.1. The van der Waals surface area contributed by atoms with Gasteiger partial charge in [0.15, 0.2) is 0 Å². The minimum atomic E-state index is -0.185. The van der Waals surface area contributed by atoms with E-state index in [9.17, 15) is 9.59 Å². The van der Waals surface area contributed by atoms with Crippen LogP contribution in [0.25, 0.3) is 0 Å². The van der Waals surface area contributed by atoms with Gasteiger partial charge in [-0.1, -0.05) is 18.2 Å². The molecular weight excluding hydrogens is 404 g/mol. The number of hydrogen-bond donors (Lipinski definition) is 0. The predicted molar refractivity (Wildman–Crippen MR) is 125 cm³/mol. The Morgan fingerprint density at radius 3 is 2.31 bits per heavy atom.